The molecule has 3 rings (SSSR count). The molecule has 2 aliphatic rings. The average Bonchev–Trinajstić information content (AvgIpc) is 3.33. The smallest absolute Gasteiger partial charge is 0.227 e. The Bertz CT molecular complexity index is 748. The van der Waals surface area contributed by atoms with E-state index < -0.39 is 0 Å². The second-order valence-corrected chi connectivity index (χ2v) is 7.21. The predicted molar refractivity (Wildman–Crippen MR) is 97.8 cm³/mol. The van der Waals surface area contributed by atoms with Crippen LogP contribution in [0.25, 0.3) is 0 Å². The summed E-state index contributed by atoms with van der Waals surface area (Å²) in [5.41, 5.74) is 8.45. The van der Waals surface area contributed by atoms with Gasteiger partial charge in [-0.1, -0.05) is 17.9 Å². The number of aryl methyl sites for hydroxylation is 1. The van der Waals surface area contributed by atoms with Crippen molar-refractivity contribution in [2.75, 3.05) is 18.4 Å². The van der Waals surface area contributed by atoms with E-state index in [1.165, 1.54) is 0 Å². The highest BCUT2D eigenvalue weighted by atomic mass is 16.2. The molecular formula is C20H25N3O2. The summed E-state index contributed by atoms with van der Waals surface area (Å²) in [5, 5.41) is 2.99. The second-order valence-electron chi connectivity index (χ2n) is 7.21. The first kappa shape index (κ1) is 17.5. The molecule has 1 aliphatic heterocycles. The van der Waals surface area contributed by atoms with Crippen molar-refractivity contribution < 1.29 is 9.59 Å². The van der Waals surface area contributed by atoms with Crippen LogP contribution in [0.5, 0.6) is 0 Å². The van der Waals surface area contributed by atoms with Crippen molar-refractivity contribution in [3.63, 3.8) is 0 Å². The van der Waals surface area contributed by atoms with Crippen molar-refractivity contribution in [3.8, 4) is 11.8 Å². The van der Waals surface area contributed by atoms with E-state index >= 15 is 0 Å². The number of nitrogens with zero attached hydrogens (tertiary/aromatic N) is 1. The fourth-order valence-corrected chi connectivity index (χ4v) is 2.99. The largest absolute Gasteiger partial charge is 0.343 e. The van der Waals surface area contributed by atoms with Gasteiger partial charge in [-0.15, -0.1) is 0 Å². The molecule has 1 aliphatic carbocycles. The van der Waals surface area contributed by atoms with E-state index in [1.54, 1.807) is 11.8 Å². The number of hydrogen-bond acceptors (Lipinski definition) is 3. The van der Waals surface area contributed by atoms with Gasteiger partial charge in [0.05, 0.1) is 5.54 Å². The molecule has 5 heteroatoms. The fraction of sp³-hybridized carbons (Fsp3) is 0.500. The van der Waals surface area contributed by atoms with E-state index in [2.05, 4.69) is 17.2 Å². The minimum absolute atomic E-state index is 0.0171. The normalized spacial score (nSPS) is 18.9. The maximum absolute atomic E-state index is 12.5. The monoisotopic (exact) mass is 339 g/mol. The predicted octanol–water partition coefficient (Wildman–Crippen LogP) is 2.03. The lowest BCUT2D eigenvalue weighted by Crippen LogP contribution is -2.40. The molecule has 0 bridgehead atoms. The Kier molecular flexibility index (Phi) is 4.82. The number of likely N-dealkylation sites (tertiary alicyclic amines) is 1. The first-order valence-electron chi connectivity index (χ1n) is 8.85. The van der Waals surface area contributed by atoms with Gasteiger partial charge < -0.3 is 16.0 Å². The number of carbonyl (C=O) groups excluding carboxylic acids is 2. The lowest BCUT2D eigenvalue weighted by Gasteiger charge is -2.30. The molecule has 2 fully saturated rings. The number of anilines is 1. The molecule has 25 heavy (non-hydrogen) atoms. The second kappa shape index (κ2) is 6.89. The van der Waals surface area contributed by atoms with Crippen LogP contribution < -0.4 is 11.1 Å². The Morgan fingerprint density at radius 2 is 1.96 bits per heavy atom. The summed E-state index contributed by atoms with van der Waals surface area (Å²) in [6.07, 6.45) is 3.32. The van der Waals surface area contributed by atoms with Crippen LogP contribution in [0.4, 0.5) is 5.69 Å². The quantitative estimate of drug-likeness (QED) is 0.810. The third kappa shape index (κ3) is 4.40. The third-order valence-corrected chi connectivity index (χ3v) is 5.05. The summed E-state index contributed by atoms with van der Waals surface area (Å²) < 4.78 is 0. The van der Waals surface area contributed by atoms with Crippen molar-refractivity contribution >= 4 is 17.5 Å². The van der Waals surface area contributed by atoms with Gasteiger partial charge >= 0.3 is 0 Å². The van der Waals surface area contributed by atoms with Crippen molar-refractivity contribution in [1.82, 2.24) is 4.90 Å². The van der Waals surface area contributed by atoms with Crippen LogP contribution in [0.3, 0.4) is 0 Å². The summed E-state index contributed by atoms with van der Waals surface area (Å²) in [5.74, 6) is 6.33. The third-order valence-electron chi connectivity index (χ3n) is 5.05. The molecule has 1 aromatic carbocycles. The van der Waals surface area contributed by atoms with Gasteiger partial charge in [0, 0.05) is 37.2 Å². The molecule has 5 nitrogen and oxygen atoms in total. The number of amides is 2. The SMILES string of the molecule is CC(=O)N1CCC(C(=O)Nc2ccc(C)c(C#CC3(N)CC3)c2)CC1. The van der Waals surface area contributed by atoms with Crippen LogP contribution in [0, 0.1) is 24.7 Å². The van der Waals surface area contributed by atoms with Crippen LogP contribution in [-0.2, 0) is 9.59 Å². The van der Waals surface area contributed by atoms with E-state index in [4.69, 9.17) is 5.73 Å². The molecule has 3 N–H and O–H groups in total. The number of rotatable bonds is 2. The number of nitrogens with one attached hydrogen (secondary N) is 1. The van der Waals surface area contributed by atoms with Gasteiger partial charge in [-0.2, -0.15) is 0 Å². The van der Waals surface area contributed by atoms with Gasteiger partial charge in [0.15, 0.2) is 0 Å². The zero-order valence-corrected chi connectivity index (χ0v) is 14.9. The number of nitrogens with two attached hydrogens (primary N) is 1. The number of hydrogen-bond donors (Lipinski definition) is 2. The molecule has 1 aromatic rings. The maximum atomic E-state index is 12.5. The Hall–Kier alpha value is -2.32. The zero-order valence-electron chi connectivity index (χ0n) is 14.9. The minimum atomic E-state index is -0.309. The fourth-order valence-electron chi connectivity index (χ4n) is 2.99. The molecule has 1 saturated heterocycles. The molecule has 0 aromatic heterocycles. The van der Waals surface area contributed by atoms with Crippen molar-refractivity contribution in [1.29, 1.82) is 0 Å². The topological polar surface area (TPSA) is 75.4 Å². The van der Waals surface area contributed by atoms with Crippen LogP contribution in [0.2, 0.25) is 0 Å². The first-order valence-corrected chi connectivity index (χ1v) is 8.85. The Balaban J connectivity index is 1.63. The molecule has 0 spiro atoms. The van der Waals surface area contributed by atoms with Crippen LogP contribution in [0.15, 0.2) is 18.2 Å². The molecule has 0 atom stereocenters. The minimum Gasteiger partial charge on any atom is -0.343 e. The van der Waals surface area contributed by atoms with Crippen LogP contribution in [-0.4, -0.2) is 35.3 Å². The van der Waals surface area contributed by atoms with E-state index in [9.17, 15) is 9.59 Å². The molecule has 2 amide bonds. The number of piperidine rings is 1. The highest BCUT2D eigenvalue weighted by molar-refractivity contribution is 5.93. The first-order chi connectivity index (χ1) is 11.9. The Morgan fingerprint density at radius 1 is 1.28 bits per heavy atom. The maximum Gasteiger partial charge on any atom is 0.227 e. The lowest BCUT2D eigenvalue weighted by molar-refractivity contribution is -0.132. The van der Waals surface area contributed by atoms with Crippen molar-refractivity contribution in [3.05, 3.63) is 29.3 Å². The van der Waals surface area contributed by atoms with Gasteiger partial charge in [-0.3, -0.25) is 9.59 Å². The Labute approximate surface area is 149 Å². The van der Waals surface area contributed by atoms with Gasteiger partial charge in [0.25, 0.3) is 0 Å². The highest BCUT2D eigenvalue weighted by Crippen LogP contribution is 2.31. The standard InChI is InChI=1S/C20H25N3O2/c1-14-3-4-18(13-17(14)5-8-20(21)9-10-20)22-19(25)16-6-11-23(12-7-16)15(2)24/h3-4,13,16H,6-7,9-12,21H2,1-2H3,(H,22,25). The van der Waals surface area contributed by atoms with Crippen LogP contribution in [0.1, 0.15) is 43.7 Å². The summed E-state index contributed by atoms with van der Waals surface area (Å²) in [4.78, 5) is 25.7. The summed E-state index contributed by atoms with van der Waals surface area (Å²) in [6, 6.07) is 5.78. The van der Waals surface area contributed by atoms with E-state index in [0.717, 1.165) is 29.7 Å². The number of benzene rings is 1. The summed E-state index contributed by atoms with van der Waals surface area (Å²) in [7, 11) is 0. The van der Waals surface area contributed by atoms with Gasteiger partial charge in [0.2, 0.25) is 11.8 Å². The molecule has 132 valence electrons. The molecule has 1 heterocycles. The molecule has 0 unspecified atom stereocenters. The zero-order chi connectivity index (χ0) is 18.0. The van der Waals surface area contributed by atoms with Crippen molar-refractivity contribution in [2.45, 2.75) is 45.1 Å². The summed E-state index contributed by atoms with van der Waals surface area (Å²) in [6.45, 7) is 4.87. The lowest BCUT2D eigenvalue weighted by atomic mass is 9.95. The Morgan fingerprint density at radius 3 is 2.56 bits per heavy atom. The van der Waals surface area contributed by atoms with Gasteiger partial charge in [-0.05, 0) is 50.3 Å². The van der Waals surface area contributed by atoms with Crippen LogP contribution >= 0.6 is 0 Å². The number of carbonyl (C=O) groups is 2. The van der Waals surface area contributed by atoms with E-state index in [-0.39, 0.29) is 23.3 Å². The van der Waals surface area contributed by atoms with Gasteiger partial charge in [-0.25, -0.2) is 0 Å². The highest BCUT2D eigenvalue weighted by Gasteiger charge is 2.36. The van der Waals surface area contributed by atoms with E-state index in [1.807, 2.05) is 25.1 Å². The molecule has 1 saturated carbocycles. The van der Waals surface area contributed by atoms with Crippen molar-refractivity contribution in [2.24, 2.45) is 11.7 Å². The van der Waals surface area contributed by atoms with E-state index in [0.29, 0.717) is 25.9 Å². The molecule has 0 radical (unpaired) electrons. The average molecular weight is 339 g/mol. The summed E-state index contributed by atoms with van der Waals surface area (Å²) >= 11 is 0. The molecular weight excluding hydrogens is 314 g/mol. The van der Waals surface area contributed by atoms with Gasteiger partial charge in [0.1, 0.15) is 0 Å².